The average molecular weight is 822 g/mol. The van der Waals surface area contributed by atoms with Gasteiger partial charge in [-0.3, -0.25) is 0 Å². The molecule has 0 bridgehead atoms. The molecule has 0 radical (unpaired) electrons. The van der Waals surface area contributed by atoms with Gasteiger partial charge in [0.25, 0.3) is 0 Å². The molecule has 3 aliphatic rings. The van der Waals surface area contributed by atoms with Crippen LogP contribution in [0.1, 0.15) is 83.3 Å². The number of anilines is 3. The maximum absolute atomic E-state index is 2.56. The van der Waals surface area contributed by atoms with Gasteiger partial charge in [-0.15, -0.1) is 0 Å². The monoisotopic (exact) mass is 821 g/mol. The van der Waals surface area contributed by atoms with Gasteiger partial charge in [-0.1, -0.05) is 191 Å². The van der Waals surface area contributed by atoms with E-state index in [1.165, 1.54) is 112 Å². The van der Waals surface area contributed by atoms with E-state index in [1.54, 1.807) is 0 Å². The van der Waals surface area contributed by atoms with Gasteiger partial charge in [-0.05, 0) is 150 Å². The minimum absolute atomic E-state index is 0.139. The highest BCUT2D eigenvalue weighted by Crippen LogP contribution is 2.63. The smallest absolute Gasteiger partial charge is 0.0720 e. The molecule has 0 aromatic heterocycles. The number of fused-ring (bicyclic) bond motifs is 12. The highest BCUT2D eigenvalue weighted by atomic mass is 15.1. The van der Waals surface area contributed by atoms with E-state index in [-0.39, 0.29) is 10.8 Å². The Balaban J connectivity index is 1.09. The molecule has 0 aliphatic heterocycles. The molecule has 0 amide bonds. The van der Waals surface area contributed by atoms with Crippen LogP contribution in [0, 0.1) is 13.8 Å². The van der Waals surface area contributed by atoms with Crippen LogP contribution in [0.25, 0.3) is 44.5 Å². The van der Waals surface area contributed by atoms with Crippen LogP contribution in [0.2, 0.25) is 0 Å². The van der Waals surface area contributed by atoms with Crippen molar-refractivity contribution in [2.24, 2.45) is 0 Å². The Labute approximate surface area is 378 Å². The predicted molar refractivity (Wildman–Crippen MR) is 268 cm³/mol. The summed E-state index contributed by atoms with van der Waals surface area (Å²) in [6, 6.07) is 75.6. The van der Waals surface area contributed by atoms with Gasteiger partial charge in [-0.2, -0.15) is 0 Å². The highest BCUT2D eigenvalue weighted by molar-refractivity contribution is 5.93. The quantitative estimate of drug-likeness (QED) is 0.167. The van der Waals surface area contributed by atoms with Gasteiger partial charge in [0.2, 0.25) is 0 Å². The van der Waals surface area contributed by atoms with Crippen molar-refractivity contribution in [3.05, 3.63) is 256 Å². The summed E-state index contributed by atoms with van der Waals surface area (Å²) < 4.78 is 0. The number of benzene rings is 9. The van der Waals surface area contributed by atoms with Crippen molar-refractivity contribution in [2.45, 2.75) is 57.8 Å². The maximum atomic E-state index is 2.56. The number of nitrogens with zero attached hydrogens (tertiary/aromatic N) is 1. The van der Waals surface area contributed by atoms with E-state index < -0.39 is 5.41 Å². The zero-order valence-corrected chi connectivity index (χ0v) is 37.5. The molecule has 0 saturated carbocycles. The van der Waals surface area contributed by atoms with E-state index in [4.69, 9.17) is 0 Å². The Hall–Kier alpha value is -7.22. The van der Waals surface area contributed by atoms with Crippen LogP contribution in [0.3, 0.4) is 0 Å². The average Bonchev–Trinajstić information content (AvgIpc) is 3.74. The Bertz CT molecular complexity index is 3270. The van der Waals surface area contributed by atoms with Crippen molar-refractivity contribution in [1.82, 2.24) is 0 Å². The second-order valence-corrected chi connectivity index (χ2v) is 19.4. The van der Waals surface area contributed by atoms with E-state index in [2.05, 4.69) is 247 Å². The molecule has 0 fully saturated rings. The summed E-state index contributed by atoms with van der Waals surface area (Å²) in [5.74, 6) is 0. The maximum Gasteiger partial charge on any atom is 0.0720 e. The van der Waals surface area contributed by atoms with E-state index in [0.29, 0.717) is 0 Å². The van der Waals surface area contributed by atoms with Gasteiger partial charge in [0.15, 0.2) is 0 Å². The topological polar surface area (TPSA) is 3.24 Å². The first-order valence-corrected chi connectivity index (χ1v) is 22.8. The lowest BCUT2D eigenvalue weighted by Crippen LogP contribution is -2.40. The molecular weight excluding hydrogens is 771 g/mol. The molecule has 9 aromatic rings. The lowest BCUT2D eigenvalue weighted by molar-refractivity contribution is 0.563. The molecule has 0 unspecified atom stereocenters. The fourth-order valence-corrected chi connectivity index (χ4v) is 12.2. The normalized spacial score (nSPS) is 15.1. The molecule has 0 saturated heterocycles. The third-order valence-corrected chi connectivity index (χ3v) is 15.2. The van der Waals surface area contributed by atoms with Gasteiger partial charge in [0, 0.05) is 22.2 Å². The Morgan fingerprint density at radius 2 is 0.688 bits per heavy atom. The van der Waals surface area contributed by atoms with Crippen molar-refractivity contribution < 1.29 is 0 Å². The number of rotatable bonds is 5. The number of aryl methyl sites for hydroxylation is 2. The molecule has 12 rings (SSSR count). The van der Waals surface area contributed by atoms with Crippen molar-refractivity contribution >= 4 is 17.1 Å². The summed E-state index contributed by atoms with van der Waals surface area (Å²) in [5, 5.41) is 0. The second kappa shape index (κ2) is 13.9. The van der Waals surface area contributed by atoms with Crippen molar-refractivity contribution in [1.29, 1.82) is 0 Å². The lowest BCUT2D eigenvalue weighted by atomic mass is 9.55. The highest BCUT2D eigenvalue weighted by Gasteiger charge is 2.53. The van der Waals surface area contributed by atoms with Gasteiger partial charge >= 0.3 is 0 Å². The number of hydrogen-bond acceptors (Lipinski definition) is 1. The fourth-order valence-electron chi connectivity index (χ4n) is 12.2. The van der Waals surface area contributed by atoms with Crippen LogP contribution in [0.4, 0.5) is 17.1 Å². The van der Waals surface area contributed by atoms with E-state index in [0.717, 1.165) is 5.69 Å². The van der Waals surface area contributed by atoms with Crippen LogP contribution in [-0.2, 0) is 16.2 Å². The van der Waals surface area contributed by atoms with E-state index in [1.807, 2.05) is 0 Å². The standard InChI is InChI=1S/C63H51N/c1-40-36-45(44-30-28-43(29-31-44)42-18-8-7-9-19-42)37-41(2)60(40)64(46-32-34-50-48-20-10-12-22-52(48)61(3,4)58(50)38-46)47-33-35-51-49-21-11-13-23-53(49)63(59(51)39-47)56-26-16-14-24-54(56)62(5,6)55-25-15-17-27-57(55)63/h7-39H,1-6H3. The molecule has 308 valence electrons. The van der Waals surface area contributed by atoms with Gasteiger partial charge in [-0.25, -0.2) is 0 Å². The van der Waals surface area contributed by atoms with E-state index in [9.17, 15) is 0 Å². The molecule has 1 spiro atoms. The van der Waals surface area contributed by atoms with Crippen molar-refractivity contribution in [3.8, 4) is 44.5 Å². The summed E-state index contributed by atoms with van der Waals surface area (Å²) in [6.07, 6.45) is 0. The molecule has 0 heterocycles. The minimum Gasteiger partial charge on any atom is -0.310 e. The van der Waals surface area contributed by atoms with Crippen LogP contribution in [-0.4, -0.2) is 0 Å². The Kier molecular flexibility index (Phi) is 8.35. The second-order valence-electron chi connectivity index (χ2n) is 19.4. The lowest BCUT2D eigenvalue weighted by Gasteiger charge is -2.46. The SMILES string of the molecule is Cc1cc(-c2ccc(-c3ccccc3)cc2)cc(C)c1N(c1ccc2c(c1)C(C)(C)c1ccccc1-2)c1ccc2c(c1)C1(c3ccccc3-2)c2ccccc2C(C)(C)c2ccccc21. The van der Waals surface area contributed by atoms with Crippen LogP contribution in [0.15, 0.2) is 200 Å². The van der Waals surface area contributed by atoms with Crippen LogP contribution < -0.4 is 4.90 Å². The van der Waals surface area contributed by atoms with Crippen LogP contribution >= 0.6 is 0 Å². The van der Waals surface area contributed by atoms with Gasteiger partial charge in [0.05, 0.1) is 11.1 Å². The Morgan fingerprint density at radius 3 is 1.27 bits per heavy atom. The summed E-state index contributed by atoms with van der Waals surface area (Å²) in [5.41, 5.74) is 26.4. The first kappa shape index (κ1) is 38.5. The Morgan fingerprint density at radius 1 is 0.297 bits per heavy atom. The molecule has 0 N–H and O–H groups in total. The third-order valence-electron chi connectivity index (χ3n) is 15.2. The molecule has 3 aliphatic carbocycles. The summed E-state index contributed by atoms with van der Waals surface area (Å²) in [4.78, 5) is 2.56. The number of hydrogen-bond donors (Lipinski definition) is 0. The summed E-state index contributed by atoms with van der Waals surface area (Å²) >= 11 is 0. The third kappa shape index (κ3) is 5.31. The molecule has 9 aromatic carbocycles. The van der Waals surface area contributed by atoms with E-state index >= 15 is 0 Å². The summed E-state index contributed by atoms with van der Waals surface area (Å²) in [6.45, 7) is 14.2. The zero-order valence-electron chi connectivity index (χ0n) is 37.5. The van der Waals surface area contributed by atoms with Gasteiger partial charge in [0.1, 0.15) is 0 Å². The van der Waals surface area contributed by atoms with Crippen molar-refractivity contribution in [2.75, 3.05) is 4.90 Å². The largest absolute Gasteiger partial charge is 0.310 e. The zero-order chi connectivity index (χ0) is 43.5. The molecular formula is C63H51N. The predicted octanol–water partition coefficient (Wildman–Crippen LogP) is 16.4. The molecule has 1 nitrogen and oxygen atoms in total. The van der Waals surface area contributed by atoms with Crippen molar-refractivity contribution in [3.63, 3.8) is 0 Å². The van der Waals surface area contributed by atoms with Gasteiger partial charge < -0.3 is 4.90 Å². The van der Waals surface area contributed by atoms with Crippen LogP contribution in [0.5, 0.6) is 0 Å². The molecule has 64 heavy (non-hydrogen) atoms. The fraction of sp³-hybridized carbons (Fsp3) is 0.143. The minimum atomic E-state index is -0.488. The first-order valence-electron chi connectivity index (χ1n) is 22.8. The summed E-state index contributed by atoms with van der Waals surface area (Å²) in [7, 11) is 0. The molecule has 0 atom stereocenters. The molecule has 1 heteroatoms. The first-order chi connectivity index (χ1) is 31.1.